The molecule has 0 aliphatic rings. The lowest BCUT2D eigenvalue weighted by atomic mass is 10.1. The van der Waals surface area contributed by atoms with Crippen LogP contribution in [0.15, 0.2) is 30.3 Å². The molecular formula is C12H18N2O2. The third-order valence-corrected chi connectivity index (χ3v) is 2.28. The van der Waals surface area contributed by atoms with E-state index in [1.807, 2.05) is 30.3 Å². The first kappa shape index (κ1) is 12.7. The van der Waals surface area contributed by atoms with Gasteiger partial charge >= 0.3 is 0 Å². The van der Waals surface area contributed by atoms with Crippen molar-refractivity contribution in [3.63, 3.8) is 0 Å². The maximum absolute atomic E-state index is 11.3. The van der Waals surface area contributed by atoms with Crippen molar-refractivity contribution in [3.8, 4) is 0 Å². The van der Waals surface area contributed by atoms with E-state index in [4.69, 9.17) is 10.8 Å². The molecule has 4 N–H and O–H groups in total. The van der Waals surface area contributed by atoms with Crippen LogP contribution in [0.25, 0.3) is 0 Å². The van der Waals surface area contributed by atoms with Crippen molar-refractivity contribution >= 4 is 5.91 Å². The van der Waals surface area contributed by atoms with Crippen LogP contribution in [0.4, 0.5) is 0 Å². The zero-order valence-corrected chi connectivity index (χ0v) is 9.23. The van der Waals surface area contributed by atoms with Gasteiger partial charge in [-0.3, -0.25) is 4.79 Å². The van der Waals surface area contributed by atoms with Crippen LogP contribution in [0, 0.1) is 0 Å². The Morgan fingerprint density at radius 3 is 2.62 bits per heavy atom. The molecule has 1 aromatic rings. The van der Waals surface area contributed by atoms with E-state index < -0.39 is 0 Å². The Kier molecular flexibility index (Phi) is 5.53. The van der Waals surface area contributed by atoms with Crippen molar-refractivity contribution in [2.24, 2.45) is 5.73 Å². The average Bonchev–Trinajstić information content (AvgIpc) is 2.30. The summed E-state index contributed by atoms with van der Waals surface area (Å²) in [6.45, 7) is 0.264. The highest BCUT2D eigenvalue weighted by Gasteiger charge is 2.11. The molecule has 0 aliphatic carbocycles. The minimum absolute atomic E-state index is 0.0643. The predicted octanol–water partition coefficient (Wildman–Crippen LogP) is 0.0550. The molecule has 0 unspecified atom stereocenters. The van der Waals surface area contributed by atoms with Gasteiger partial charge in [0.15, 0.2) is 0 Å². The Balaban J connectivity index is 2.46. The van der Waals surface area contributed by atoms with Gasteiger partial charge in [0.2, 0.25) is 5.91 Å². The van der Waals surface area contributed by atoms with Gasteiger partial charge in [-0.25, -0.2) is 0 Å². The molecule has 0 bridgehead atoms. The van der Waals surface area contributed by atoms with Crippen LogP contribution >= 0.6 is 0 Å². The molecule has 0 spiro atoms. The number of hydrogen-bond acceptors (Lipinski definition) is 3. The first-order chi connectivity index (χ1) is 7.76. The third-order valence-electron chi connectivity index (χ3n) is 2.28. The van der Waals surface area contributed by atoms with Crippen LogP contribution in [0.3, 0.4) is 0 Å². The van der Waals surface area contributed by atoms with Gasteiger partial charge in [0, 0.05) is 13.0 Å². The second kappa shape index (κ2) is 6.98. The lowest BCUT2D eigenvalue weighted by Gasteiger charge is -2.16. The van der Waals surface area contributed by atoms with Gasteiger partial charge in [0.25, 0.3) is 0 Å². The number of rotatable bonds is 6. The first-order valence-corrected chi connectivity index (χ1v) is 5.40. The van der Waals surface area contributed by atoms with Gasteiger partial charge < -0.3 is 16.2 Å². The summed E-state index contributed by atoms with van der Waals surface area (Å²) in [5.74, 6) is -0.113. The normalized spacial score (nSPS) is 12.1. The van der Waals surface area contributed by atoms with Crippen LogP contribution in [0.2, 0.25) is 0 Å². The summed E-state index contributed by atoms with van der Waals surface area (Å²) in [6.07, 6.45) is 0.930. The molecule has 1 atom stereocenters. The van der Waals surface area contributed by atoms with Gasteiger partial charge in [-0.05, 0) is 12.0 Å². The Bertz CT molecular complexity index is 314. The van der Waals surface area contributed by atoms with Gasteiger partial charge in [0.05, 0.1) is 12.6 Å². The summed E-state index contributed by atoms with van der Waals surface area (Å²) >= 11 is 0. The first-order valence-electron chi connectivity index (χ1n) is 5.40. The smallest absolute Gasteiger partial charge is 0.221 e. The molecule has 16 heavy (non-hydrogen) atoms. The Labute approximate surface area is 95.5 Å². The summed E-state index contributed by atoms with van der Waals surface area (Å²) in [5.41, 5.74) is 6.37. The van der Waals surface area contributed by atoms with Crippen LogP contribution in [0.1, 0.15) is 12.0 Å². The highest BCUT2D eigenvalue weighted by Crippen LogP contribution is 2.02. The van der Waals surface area contributed by atoms with Crippen LogP contribution in [-0.4, -0.2) is 30.2 Å². The second-order valence-corrected chi connectivity index (χ2v) is 3.68. The van der Waals surface area contributed by atoms with Crippen molar-refractivity contribution in [1.29, 1.82) is 0 Å². The number of aliphatic hydroxyl groups is 1. The number of carbonyl (C=O) groups excluding carboxylic acids is 1. The molecule has 0 radical (unpaired) electrons. The lowest BCUT2D eigenvalue weighted by molar-refractivity contribution is -0.121. The number of nitrogens with two attached hydrogens (primary N) is 1. The minimum atomic E-state index is -0.235. The van der Waals surface area contributed by atoms with E-state index in [0.29, 0.717) is 19.4 Å². The Hall–Kier alpha value is -1.39. The predicted molar refractivity (Wildman–Crippen MR) is 62.8 cm³/mol. The summed E-state index contributed by atoms with van der Waals surface area (Å²) in [7, 11) is 0. The SMILES string of the molecule is NCCC(=O)N[C@@H](CO)Cc1ccccc1. The fraction of sp³-hybridized carbons (Fsp3) is 0.417. The van der Waals surface area contributed by atoms with Crippen molar-refractivity contribution < 1.29 is 9.90 Å². The fourth-order valence-corrected chi connectivity index (χ4v) is 1.49. The van der Waals surface area contributed by atoms with Gasteiger partial charge in [-0.15, -0.1) is 0 Å². The topological polar surface area (TPSA) is 75.4 Å². The maximum atomic E-state index is 11.3. The summed E-state index contributed by atoms with van der Waals surface area (Å²) in [5, 5.41) is 11.9. The summed E-state index contributed by atoms with van der Waals surface area (Å²) in [4.78, 5) is 11.3. The summed E-state index contributed by atoms with van der Waals surface area (Å²) < 4.78 is 0. The molecule has 0 fully saturated rings. The summed E-state index contributed by atoms with van der Waals surface area (Å²) in [6, 6.07) is 9.51. The maximum Gasteiger partial charge on any atom is 0.221 e. The van der Waals surface area contributed by atoms with Crippen LogP contribution in [0.5, 0.6) is 0 Å². The van der Waals surface area contributed by atoms with E-state index in [1.165, 1.54) is 0 Å². The number of nitrogens with one attached hydrogen (secondary N) is 1. The zero-order chi connectivity index (χ0) is 11.8. The molecule has 0 heterocycles. The molecule has 4 heteroatoms. The van der Waals surface area contributed by atoms with E-state index in [9.17, 15) is 4.79 Å². The molecule has 0 saturated carbocycles. The lowest BCUT2D eigenvalue weighted by Crippen LogP contribution is -2.39. The third kappa shape index (κ3) is 4.42. The molecule has 1 amide bonds. The molecular weight excluding hydrogens is 204 g/mol. The largest absolute Gasteiger partial charge is 0.394 e. The second-order valence-electron chi connectivity index (χ2n) is 3.68. The van der Waals surface area contributed by atoms with Crippen molar-refractivity contribution in [3.05, 3.63) is 35.9 Å². The van der Waals surface area contributed by atoms with Crippen LogP contribution < -0.4 is 11.1 Å². The minimum Gasteiger partial charge on any atom is -0.394 e. The standard InChI is InChI=1S/C12H18N2O2/c13-7-6-12(16)14-11(9-15)8-10-4-2-1-3-5-10/h1-5,11,15H,6-9,13H2,(H,14,16)/t11-/m1/s1. The molecule has 88 valence electrons. The van der Waals surface area contributed by atoms with E-state index >= 15 is 0 Å². The highest BCUT2D eigenvalue weighted by atomic mass is 16.3. The fourth-order valence-electron chi connectivity index (χ4n) is 1.49. The number of carbonyl (C=O) groups is 1. The molecule has 0 saturated heterocycles. The van der Waals surface area contributed by atoms with Gasteiger partial charge in [0.1, 0.15) is 0 Å². The molecule has 0 aliphatic heterocycles. The van der Waals surface area contributed by atoms with E-state index in [1.54, 1.807) is 0 Å². The van der Waals surface area contributed by atoms with E-state index in [0.717, 1.165) is 5.56 Å². The van der Waals surface area contributed by atoms with Crippen molar-refractivity contribution in [2.75, 3.05) is 13.2 Å². The average molecular weight is 222 g/mol. The Morgan fingerprint density at radius 1 is 1.38 bits per heavy atom. The molecule has 4 nitrogen and oxygen atoms in total. The zero-order valence-electron chi connectivity index (χ0n) is 9.23. The molecule has 1 rings (SSSR count). The Morgan fingerprint density at radius 2 is 2.06 bits per heavy atom. The number of benzene rings is 1. The number of aliphatic hydroxyl groups excluding tert-OH is 1. The van der Waals surface area contributed by atoms with Gasteiger partial charge in [-0.2, -0.15) is 0 Å². The van der Waals surface area contributed by atoms with E-state index in [-0.39, 0.29) is 18.6 Å². The quantitative estimate of drug-likeness (QED) is 0.637. The van der Waals surface area contributed by atoms with Crippen molar-refractivity contribution in [2.45, 2.75) is 18.9 Å². The molecule has 1 aromatic carbocycles. The number of amides is 1. The molecule has 0 aromatic heterocycles. The number of hydrogen-bond donors (Lipinski definition) is 3. The van der Waals surface area contributed by atoms with Gasteiger partial charge in [-0.1, -0.05) is 30.3 Å². The highest BCUT2D eigenvalue weighted by molar-refractivity contribution is 5.76. The van der Waals surface area contributed by atoms with Crippen LogP contribution in [-0.2, 0) is 11.2 Å². The van der Waals surface area contributed by atoms with E-state index in [2.05, 4.69) is 5.32 Å². The van der Waals surface area contributed by atoms with Crippen molar-refractivity contribution in [1.82, 2.24) is 5.32 Å². The monoisotopic (exact) mass is 222 g/mol.